The number of halogens is 1. The summed E-state index contributed by atoms with van der Waals surface area (Å²) in [6, 6.07) is 9.95. The molecule has 0 spiro atoms. The van der Waals surface area contributed by atoms with E-state index in [9.17, 15) is 9.18 Å². The van der Waals surface area contributed by atoms with E-state index >= 15 is 0 Å². The predicted molar refractivity (Wildman–Crippen MR) is 96.8 cm³/mol. The summed E-state index contributed by atoms with van der Waals surface area (Å²) in [7, 11) is 0. The van der Waals surface area contributed by atoms with Gasteiger partial charge in [-0.25, -0.2) is 4.39 Å². The number of aromatic nitrogens is 2. The summed E-state index contributed by atoms with van der Waals surface area (Å²) in [6.07, 6.45) is 0.104. The van der Waals surface area contributed by atoms with Gasteiger partial charge in [-0.05, 0) is 55.9 Å². The highest BCUT2D eigenvalue weighted by Crippen LogP contribution is 2.18. The lowest BCUT2D eigenvalue weighted by molar-refractivity contribution is 0.0952. The first-order valence-corrected chi connectivity index (χ1v) is 8.28. The second-order valence-corrected chi connectivity index (χ2v) is 6.36. The molecule has 2 aromatic carbocycles. The number of hydrogen-bond donors (Lipinski definition) is 3. The van der Waals surface area contributed by atoms with Crippen molar-refractivity contribution >= 4 is 29.2 Å². The van der Waals surface area contributed by atoms with Crippen molar-refractivity contribution in [2.45, 2.75) is 26.5 Å². The molecule has 3 N–H and O–H groups in total. The minimum atomic E-state index is -0.502. The molecular weight excluding hydrogens is 341 g/mol. The third-order valence-electron chi connectivity index (χ3n) is 3.58. The minimum absolute atomic E-state index is 0.104. The number of carbonyl (C=O) groups excluding carboxylic acids is 1. The number of ether oxygens (including phenoxy) is 1. The van der Waals surface area contributed by atoms with Crippen LogP contribution in [0.3, 0.4) is 0 Å². The summed E-state index contributed by atoms with van der Waals surface area (Å²) < 4.78 is 19.6. The molecule has 0 unspecified atom stereocenters. The van der Waals surface area contributed by atoms with Crippen molar-refractivity contribution in [3.05, 3.63) is 58.1 Å². The first kappa shape index (κ1) is 17.2. The van der Waals surface area contributed by atoms with Gasteiger partial charge in [0.1, 0.15) is 11.6 Å². The van der Waals surface area contributed by atoms with E-state index in [1.807, 2.05) is 38.1 Å². The number of imidazole rings is 1. The molecule has 0 atom stereocenters. The Morgan fingerprint density at radius 3 is 2.64 bits per heavy atom. The number of H-pyrrole nitrogens is 2. The summed E-state index contributed by atoms with van der Waals surface area (Å²) in [5.74, 6) is -0.104. The summed E-state index contributed by atoms with van der Waals surface area (Å²) in [4.78, 5) is 18.1. The highest BCUT2D eigenvalue weighted by Gasteiger charge is 2.14. The van der Waals surface area contributed by atoms with Crippen molar-refractivity contribution in [1.29, 1.82) is 0 Å². The standard InChI is InChI=1S/C18H18FN3O2S/c1-10(2)24-13-5-3-11(4-6-13)9-20-17(23)14-7-12(19)8-15-16(14)22-18(25)21-15/h3-8,10H,9H2,1-2H3,(H,20,23)(H2,21,22,25). The SMILES string of the molecule is CC(C)Oc1ccc(CNC(=O)c2cc(F)cc3[nH]c(=S)[nH]c23)cc1. The predicted octanol–water partition coefficient (Wildman–Crippen LogP) is 4.08. The molecule has 3 rings (SSSR count). The van der Waals surface area contributed by atoms with E-state index in [1.165, 1.54) is 12.1 Å². The van der Waals surface area contributed by atoms with Crippen molar-refractivity contribution in [3.8, 4) is 5.75 Å². The van der Waals surface area contributed by atoms with E-state index in [-0.39, 0.29) is 17.6 Å². The molecular formula is C18H18FN3O2S. The van der Waals surface area contributed by atoms with Crippen LogP contribution in [0.15, 0.2) is 36.4 Å². The maximum absolute atomic E-state index is 13.7. The van der Waals surface area contributed by atoms with Crippen LogP contribution in [-0.2, 0) is 6.54 Å². The van der Waals surface area contributed by atoms with Crippen molar-refractivity contribution < 1.29 is 13.9 Å². The van der Waals surface area contributed by atoms with Crippen LogP contribution in [0.1, 0.15) is 29.8 Å². The zero-order chi connectivity index (χ0) is 18.0. The zero-order valence-corrected chi connectivity index (χ0v) is 14.7. The van der Waals surface area contributed by atoms with Crippen molar-refractivity contribution in [2.24, 2.45) is 0 Å². The van der Waals surface area contributed by atoms with Crippen LogP contribution in [0.2, 0.25) is 0 Å². The molecule has 130 valence electrons. The smallest absolute Gasteiger partial charge is 0.253 e. The Kier molecular flexibility index (Phi) is 4.85. The van der Waals surface area contributed by atoms with Crippen molar-refractivity contribution in [1.82, 2.24) is 15.3 Å². The fraction of sp³-hybridized carbons (Fsp3) is 0.222. The van der Waals surface area contributed by atoms with Crippen LogP contribution in [0.4, 0.5) is 4.39 Å². The van der Waals surface area contributed by atoms with Gasteiger partial charge >= 0.3 is 0 Å². The lowest BCUT2D eigenvalue weighted by Gasteiger charge is -2.10. The molecule has 1 amide bonds. The van der Waals surface area contributed by atoms with E-state index in [1.54, 1.807) is 0 Å². The minimum Gasteiger partial charge on any atom is -0.491 e. The van der Waals surface area contributed by atoms with Crippen molar-refractivity contribution in [3.63, 3.8) is 0 Å². The van der Waals surface area contributed by atoms with E-state index in [4.69, 9.17) is 17.0 Å². The molecule has 0 saturated heterocycles. The average molecular weight is 359 g/mol. The number of nitrogens with one attached hydrogen (secondary N) is 3. The van der Waals surface area contributed by atoms with Gasteiger partial charge in [0.2, 0.25) is 0 Å². The molecule has 7 heteroatoms. The number of benzene rings is 2. The zero-order valence-electron chi connectivity index (χ0n) is 13.9. The Balaban J connectivity index is 1.74. The van der Waals surface area contributed by atoms with Crippen LogP contribution in [0, 0.1) is 10.6 Å². The van der Waals surface area contributed by atoms with Gasteiger partial charge in [-0.3, -0.25) is 4.79 Å². The van der Waals surface area contributed by atoms with Gasteiger partial charge in [0.05, 0.1) is 22.7 Å². The van der Waals surface area contributed by atoms with Crippen LogP contribution in [0.5, 0.6) is 5.75 Å². The first-order valence-electron chi connectivity index (χ1n) is 7.87. The molecule has 0 fully saturated rings. The Morgan fingerprint density at radius 2 is 1.96 bits per heavy atom. The van der Waals surface area contributed by atoms with Crippen LogP contribution < -0.4 is 10.1 Å². The van der Waals surface area contributed by atoms with Crippen molar-refractivity contribution in [2.75, 3.05) is 0 Å². The van der Waals surface area contributed by atoms with Gasteiger partial charge in [-0.2, -0.15) is 0 Å². The second-order valence-electron chi connectivity index (χ2n) is 5.95. The highest BCUT2D eigenvalue weighted by atomic mass is 32.1. The highest BCUT2D eigenvalue weighted by molar-refractivity contribution is 7.71. The molecule has 0 aliphatic carbocycles. The number of aromatic amines is 2. The molecule has 0 radical (unpaired) electrons. The number of fused-ring (bicyclic) bond motifs is 1. The van der Waals surface area contributed by atoms with Gasteiger partial charge in [-0.15, -0.1) is 0 Å². The Hall–Kier alpha value is -2.67. The maximum Gasteiger partial charge on any atom is 0.253 e. The Bertz CT molecular complexity index is 961. The van der Waals surface area contributed by atoms with Gasteiger partial charge in [0, 0.05) is 6.54 Å². The molecule has 0 saturated carbocycles. The summed E-state index contributed by atoms with van der Waals surface area (Å²) >= 11 is 5.01. The van der Waals surface area contributed by atoms with Crippen LogP contribution >= 0.6 is 12.2 Å². The molecule has 0 aliphatic rings. The molecule has 0 aliphatic heterocycles. The Labute approximate surface area is 149 Å². The largest absolute Gasteiger partial charge is 0.491 e. The summed E-state index contributed by atoms with van der Waals surface area (Å²) in [6.45, 7) is 4.24. The second kappa shape index (κ2) is 7.06. The van der Waals surface area contributed by atoms with Crippen LogP contribution in [0.25, 0.3) is 11.0 Å². The fourth-order valence-corrected chi connectivity index (χ4v) is 2.73. The van der Waals surface area contributed by atoms with E-state index in [0.717, 1.165) is 11.3 Å². The Morgan fingerprint density at radius 1 is 1.24 bits per heavy atom. The van der Waals surface area contributed by atoms with E-state index in [2.05, 4.69) is 15.3 Å². The maximum atomic E-state index is 13.7. The van der Waals surface area contributed by atoms with E-state index < -0.39 is 5.82 Å². The normalized spacial score (nSPS) is 11.0. The number of amides is 1. The lowest BCUT2D eigenvalue weighted by atomic mass is 10.1. The summed E-state index contributed by atoms with van der Waals surface area (Å²) in [5, 5.41) is 2.79. The number of hydrogen-bond acceptors (Lipinski definition) is 3. The first-order chi connectivity index (χ1) is 11.9. The summed E-state index contributed by atoms with van der Waals surface area (Å²) in [5.41, 5.74) is 2.08. The number of rotatable bonds is 5. The van der Waals surface area contributed by atoms with Gasteiger partial charge in [0.25, 0.3) is 5.91 Å². The van der Waals surface area contributed by atoms with Gasteiger partial charge in [-0.1, -0.05) is 12.1 Å². The average Bonchev–Trinajstić information content (AvgIpc) is 2.92. The quantitative estimate of drug-likeness (QED) is 0.601. The molecule has 25 heavy (non-hydrogen) atoms. The molecule has 0 bridgehead atoms. The van der Waals surface area contributed by atoms with Gasteiger partial charge < -0.3 is 20.0 Å². The number of carbonyl (C=O) groups is 1. The molecule has 1 heterocycles. The monoisotopic (exact) mass is 359 g/mol. The topological polar surface area (TPSA) is 69.9 Å². The lowest BCUT2D eigenvalue weighted by Crippen LogP contribution is -2.23. The van der Waals surface area contributed by atoms with Gasteiger partial charge in [0.15, 0.2) is 4.77 Å². The third-order valence-corrected chi connectivity index (χ3v) is 3.79. The fourth-order valence-electron chi connectivity index (χ4n) is 2.52. The third kappa shape index (κ3) is 4.06. The molecule has 3 aromatic rings. The van der Waals surface area contributed by atoms with E-state index in [0.29, 0.717) is 22.3 Å². The molecule has 1 aromatic heterocycles. The van der Waals surface area contributed by atoms with Crippen LogP contribution in [-0.4, -0.2) is 22.0 Å². The molecule has 5 nitrogen and oxygen atoms in total.